The summed E-state index contributed by atoms with van der Waals surface area (Å²) in [4.78, 5) is 26.1. The molecule has 2 saturated heterocycles. The van der Waals surface area contributed by atoms with E-state index in [4.69, 9.17) is 9.47 Å². The zero-order valence-corrected chi connectivity index (χ0v) is 16.0. The quantitative estimate of drug-likeness (QED) is 0.808. The number of rotatable bonds is 5. The molecule has 2 atom stereocenters. The number of urea groups is 1. The van der Waals surface area contributed by atoms with Crippen LogP contribution >= 0.6 is 11.3 Å². The fourth-order valence-electron chi connectivity index (χ4n) is 3.49. The second-order valence-electron chi connectivity index (χ2n) is 6.88. The normalized spacial score (nSPS) is 25.9. The van der Waals surface area contributed by atoms with Crippen molar-refractivity contribution in [2.24, 2.45) is 0 Å². The van der Waals surface area contributed by atoms with Gasteiger partial charge in [-0.25, -0.2) is 4.79 Å². The Balaban J connectivity index is 1.55. The predicted octanol–water partition coefficient (Wildman–Crippen LogP) is 1.39. The number of hydrogen-bond donors (Lipinski definition) is 2. The van der Waals surface area contributed by atoms with Gasteiger partial charge in [0.1, 0.15) is 5.60 Å². The van der Waals surface area contributed by atoms with Crippen molar-refractivity contribution in [1.82, 2.24) is 15.5 Å². The van der Waals surface area contributed by atoms with E-state index in [1.165, 1.54) is 0 Å². The van der Waals surface area contributed by atoms with Gasteiger partial charge in [0.25, 0.3) is 0 Å². The molecule has 3 heterocycles. The Labute approximate surface area is 158 Å². The van der Waals surface area contributed by atoms with E-state index in [1.807, 2.05) is 28.7 Å². The summed E-state index contributed by atoms with van der Waals surface area (Å²) in [6.45, 7) is 5.11. The molecule has 0 radical (unpaired) electrons. The van der Waals surface area contributed by atoms with E-state index in [-0.39, 0.29) is 18.0 Å². The first-order valence-electron chi connectivity index (χ1n) is 9.16. The van der Waals surface area contributed by atoms with Crippen molar-refractivity contribution in [2.45, 2.75) is 37.9 Å². The highest BCUT2D eigenvalue weighted by Gasteiger charge is 2.44. The largest absolute Gasteiger partial charge is 0.377 e. The average Bonchev–Trinajstić information content (AvgIpc) is 3.21. The molecule has 0 aromatic carbocycles. The number of nitrogens with zero attached hydrogens (tertiary/aromatic N) is 1. The molecule has 144 valence electrons. The molecule has 2 aliphatic rings. The van der Waals surface area contributed by atoms with Crippen molar-refractivity contribution >= 4 is 23.3 Å². The van der Waals surface area contributed by atoms with Crippen molar-refractivity contribution in [2.75, 3.05) is 39.4 Å². The molecule has 1 aromatic heterocycles. The molecule has 0 bridgehead atoms. The van der Waals surface area contributed by atoms with Gasteiger partial charge in [-0.3, -0.25) is 4.79 Å². The molecule has 7 nitrogen and oxygen atoms in total. The van der Waals surface area contributed by atoms with Gasteiger partial charge in [-0.05, 0) is 42.2 Å². The number of amides is 3. The van der Waals surface area contributed by atoms with Crippen molar-refractivity contribution in [3.63, 3.8) is 0 Å². The smallest absolute Gasteiger partial charge is 0.314 e. The first-order valence-corrected chi connectivity index (χ1v) is 10.1. The average molecular weight is 381 g/mol. The van der Waals surface area contributed by atoms with Gasteiger partial charge in [-0.15, -0.1) is 0 Å². The lowest BCUT2D eigenvalue weighted by molar-refractivity contribution is -0.135. The summed E-state index contributed by atoms with van der Waals surface area (Å²) in [7, 11) is 0. The predicted molar refractivity (Wildman–Crippen MR) is 99.3 cm³/mol. The third kappa shape index (κ3) is 4.96. The van der Waals surface area contributed by atoms with E-state index in [0.717, 1.165) is 18.4 Å². The van der Waals surface area contributed by atoms with Gasteiger partial charge in [0.2, 0.25) is 5.91 Å². The highest BCUT2D eigenvalue weighted by atomic mass is 32.1. The maximum absolute atomic E-state index is 12.7. The Morgan fingerprint density at radius 3 is 3.08 bits per heavy atom. The third-order valence-electron chi connectivity index (χ3n) is 4.80. The van der Waals surface area contributed by atoms with Crippen LogP contribution in [0.15, 0.2) is 16.8 Å². The molecule has 26 heavy (non-hydrogen) atoms. The van der Waals surface area contributed by atoms with Crippen LogP contribution in [0.1, 0.15) is 25.3 Å². The van der Waals surface area contributed by atoms with Crippen molar-refractivity contribution in [3.05, 3.63) is 22.4 Å². The van der Waals surface area contributed by atoms with Gasteiger partial charge in [0.15, 0.2) is 0 Å². The molecule has 2 N–H and O–H groups in total. The topological polar surface area (TPSA) is 79.9 Å². The van der Waals surface area contributed by atoms with Gasteiger partial charge in [0.05, 0.1) is 32.3 Å². The Hall–Kier alpha value is -1.64. The summed E-state index contributed by atoms with van der Waals surface area (Å²) in [5.41, 5.74) is 0.588. The summed E-state index contributed by atoms with van der Waals surface area (Å²) in [6, 6.07) is 1.81. The van der Waals surface area contributed by atoms with Crippen LogP contribution in [0.2, 0.25) is 0 Å². The van der Waals surface area contributed by atoms with Gasteiger partial charge in [-0.2, -0.15) is 11.3 Å². The number of nitrogens with one attached hydrogen (secondary N) is 2. The lowest BCUT2D eigenvalue weighted by Crippen LogP contribution is -2.48. The summed E-state index contributed by atoms with van der Waals surface area (Å²) in [6.07, 6.45) is 2.05. The molecule has 0 unspecified atom stereocenters. The van der Waals surface area contributed by atoms with Crippen molar-refractivity contribution in [3.8, 4) is 0 Å². The van der Waals surface area contributed by atoms with Gasteiger partial charge >= 0.3 is 6.03 Å². The standard InChI is InChI=1S/C18H27N3O4S/c1-2-19-17(23)20-10-15-3-5-18(25-15)12-21(6-7-24-13-18)16(22)9-14-4-8-26-11-14/h4,8,11,15H,2-3,5-7,9-10,12-13H2,1H3,(H2,19,20,23)/t15-,18+/m1/s1. The number of thiophene rings is 1. The number of ether oxygens (including phenoxy) is 2. The van der Waals surface area contributed by atoms with E-state index in [0.29, 0.717) is 45.8 Å². The van der Waals surface area contributed by atoms with E-state index in [2.05, 4.69) is 10.6 Å². The van der Waals surface area contributed by atoms with E-state index >= 15 is 0 Å². The second kappa shape index (κ2) is 8.83. The molecule has 2 fully saturated rings. The van der Waals surface area contributed by atoms with E-state index in [1.54, 1.807) is 11.3 Å². The highest BCUT2D eigenvalue weighted by Crippen LogP contribution is 2.33. The fraction of sp³-hybridized carbons (Fsp3) is 0.667. The molecule has 2 aliphatic heterocycles. The minimum absolute atomic E-state index is 0.0480. The number of hydrogen-bond acceptors (Lipinski definition) is 5. The SMILES string of the molecule is CCNC(=O)NC[C@H]1CC[C@]2(COCCN(C(=O)Cc3ccsc3)C2)O1. The van der Waals surface area contributed by atoms with E-state index < -0.39 is 5.60 Å². The summed E-state index contributed by atoms with van der Waals surface area (Å²) in [5, 5.41) is 9.54. The highest BCUT2D eigenvalue weighted by molar-refractivity contribution is 7.08. The van der Waals surface area contributed by atoms with Crippen LogP contribution in [0.25, 0.3) is 0 Å². The molecular formula is C18H27N3O4S. The molecule has 1 aromatic rings. The van der Waals surface area contributed by atoms with Crippen LogP contribution in [0.3, 0.4) is 0 Å². The summed E-state index contributed by atoms with van der Waals surface area (Å²) < 4.78 is 12.0. The maximum atomic E-state index is 12.7. The first-order chi connectivity index (χ1) is 12.6. The third-order valence-corrected chi connectivity index (χ3v) is 5.54. The van der Waals surface area contributed by atoms with Crippen molar-refractivity contribution in [1.29, 1.82) is 0 Å². The molecule has 3 rings (SSSR count). The molecule has 0 aliphatic carbocycles. The van der Waals surface area contributed by atoms with Gasteiger partial charge in [-0.1, -0.05) is 0 Å². The minimum atomic E-state index is -0.464. The Morgan fingerprint density at radius 2 is 2.31 bits per heavy atom. The Morgan fingerprint density at radius 1 is 1.42 bits per heavy atom. The zero-order valence-electron chi connectivity index (χ0n) is 15.2. The van der Waals surface area contributed by atoms with Crippen LogP contribution in [0, 0.1) is 0 Å². The van der Waals surface area contributed by atoms with Gasteiger partial charge in [0, 0.05) is 19.6 Å². The van der Waals surface area contributed by atoms with Crippen molar-refractivity contribution < 1.29 is 19.1 Å². The Bertz CT molecular complexity index is 610. The second-order valence-corrected chi connectivity index (χ2v) is 7.66. The molecule has 0 saturated carbocycles. The Kier molecular flexibility index (Phi) is 6.50. The van der Waals surface area contributed by atoms with Crippen LogP contribution < -0.4 is 10.6 Å². The monoisotopic (exact) mass is 381 g/mol. The van der Waals surface area contributed by atoms with Crippen LogP contribution in [-0.2, 0) is 20.7 Å². The molecular weight excluding hydrogens is 354 g/mol. The number of carbonyl (C=O) groups excluding carboxylic acids is 2. The number of carbonyl (C=O) groups is 2. The maximum Gasteiger partial charge on any atom is 0.314 e. The lowest BCUT2D eigenvalue weighted by atomic mass is 10.00. The molecule has 3 amide bonds. The van der Waals surface area contributed by atoms with Crippen LogP contribution in [0.4, 0.5) is 4.79 Å². The van der Waals surface area contributed by atoms with E-state index in [9.17, 15) is 9.59 Å². The molecule has 8 heteroatoms. The minimum Gasteiger partial charge on any atom is -0.377 e. The van der Waals surface area contributed by atoms with Crippen LogP contribution in [0.5, 0.6) is 0 Å². The zero-order chi connectivity index (χ0) is 18.4. The lowest BCUT2D eigenvalue weighted by Gasteiger charge is -2.32. The first kappa shape index (κ1) is 19.1. The summed E-state index contributed by atoms with van der Waals surface area (Å²) >= 11 is 1.60. The van der Waals surface area contributed by atoms with Crippen LogP contribution in [-0.4, -0.2) is 67.9 Å². The summed E-state index contributed by atoms with van der Waals surface area (Å²) in [5.74, 6) is 0.112. The molecule has 1 spiro atoms. The van der Waals surface area contributed by atoms with Gasteiger partial charge < -0.3 is 25.0 Å². The fourth-order valence-corrected chi connectivity index (χ4v) is 4.16.